The van der Waals surface area contributed by atoms with Crippen LogP contribution < -0.4 is 11.1 Å². The van der Waals surface area contributed by atoms with Crippen LogP contribution in [0.15, 0.2) is 0 Å². The first-order chi connectivity index (χ1) is 8.43. The highest BCUT2D eigenvalue weighted by atomic mass is 16.4. The molecule has 18 heavy (non-hydrogen) atoms. The van der Waals surface area contributed by atoms with Gasteiger partial charge in [0.15, 0.2) is 0 Å². The van der Waals surface area contributed by atoms with E-state index in [0.29, 0.717) is 0 Å². The average molecular weight is 256 g/mol. The molecule has 1 saturated carbocycles. The van der Waals surface area contributed by atoms with Gasteiger partial charge in [0.2, 0.25) is 5.91 Å². The Morgan fingerprint density at radius 2 is 1.83 bits per heavy atom. The molecule has 0 aliphatic heterocycles. The van der Waals surface area contributed by atoms with E-state index >= 15 is 0 Å². The van der Waals surface area contributed by atoms with E-state index in [4.69, 9.17) is 10.8 Å². The van der Waals surface area contributed by atoms with E-state index in [-0.39, 0.29) is 23.8 Å². The topological polar surface area (TPSA) is 92.4 Å². The van der Waals surface area contributed by atoms with Gasteiger partial charge in [0.25, 0.3) is 0 Å². The van der Waals surface area contributed by atoms with Crippen molar-refractivity contribution >= 4 is 11.9 Å². The SMILES string of the molecule is CC(C)C(NC(=O)C1CCCCCC1N)C(=O)O. The lowest BCUT2D eigenvalue weighted by molar-refractivity contribution is -0.144. The van der Waals surface area contributed by atoms with Gasteiger partial charge in [-0.05, 0) is 18.8 Å². The van der Waals surface area contributed by atoms with Crippen LogP contribution in [0.4, 0.5) is 0 Å². The number of hydrogen-bond acceptors (Lipinski definition) is 3. The van der Waals surface area contributed by atoms with Gasteiger partial charge in [0, 0.05) is 6.04 Å². The second-order valence-electron chi connectivity index (χ2n) is 5.48. The number of nitrogens with one attached hydrogen (secondary N) is 1. The number of carboxylic acids is 1. The second kappa shape index (κ2) is 6.73. The molecule has 0 aromatic heterocycles. The molecule has 0 spiro atoms. The van der Waals surface area contributed by atoms with Crippen LogP contribution in [0.2, 0.25) is 0 Å². The molecule has 1 rings (SSSR count). The van der Waals surface area contributed by atoms with E-state index < -0.39 is 12.0 Å². The monoisotopic (exact) mass is 256 g/mol. The molecule has 0 bridgehead atoms. The van der Waals surface area contributed by atoms with E-state index in [9.17, 15) is 9.59 Å². The highest BCUT2D eigenvalue weighted by Crippen LogP contribution is 2.22. The Morgan fingerprint density at radius 1 is 1.22 bits per heavy atom. The van der Waals surface area contributed by atoms with E-state index in [1.165, 1.54) is 0 Å². The molecule has 4 N–H and O–H groups in total. The minimum atomic E-state index is -0.986. The van der Waals surface area contributed by atoms with Gasteiger partial charge in [-0.2, -0.15) is 0 Å². The number of carboxylic acid groups (broad SMARTS) is 1. The van der Waals surface area contributed by atoms with Crippen LogP contribution in [-0.4, -0.2) is 29.1 Å². The van der Waals surface area contributed by atoms with Gasteiger partial charge in [-0.25, -0.2) is 4.79 Å². The van der Waals surface area contributed by atoms with Crippen LogP contribution in [0.1, 0.15) is 46.0 Å². The van der Waals surface area contributed by atoms with Crippen LogP contribution in [0.3, 0.4) is 0 Å². The first-order valence-electron chi connectivity index (χ1n) is 6.72. The molecule has 0 aromatic rings. The lowest BCUT2D eigenvalue weighted by Crippen LogP contribution is -2.50. The molecule has 1 aliphatic carbocycles. The van der Waals surface area contributed by atoms with Crippen molar-refractivity contribution in [3.63, 3.8) is 0 Å². The largest absolute Gasteiger partial charge is 0.480 e. The molecule has 5 heteroatoms. The van der Waals surface area contributed by atoms with Gasteiger partial charge in [-0.3, -0.25) is 4.79 Å². The fourth-order valence-electron chi connectivity index (χ4n) is 2.44. The maximum absolute atomic E-state index is 12.1. The zero-order valence-electron chi connectivity index (χ0n) is 11.2. The molecule has 1 amide bonds. The maximum Gasteiger partial charge on any atom is 0.326 e. The molecule has 1 fully saturated rings. The van der Waals surface area contributed by atoms with Crippen LogP contribution in [0.5, 0.6) is 0 Å². The number of nitrogens with two attached hydrogens (primary N) is 1. The predicted octanol–water partition coefficient (Wildman–Crippen LogP) is 1.12. The summed E-state index contributed by atoms with van der Waals surface area (Å²) in [6.45, 7) is 3.57. The summed E-state index contributed by atoms with van der Waals surface area (Å²) in [5.41, 5.74) is 6.00. The molecular weight excluding hydrogens is 232 g/mol. The third-order valence-corrected chi connectivity index (χ3v) is 3.64. The third kappa shape index (κ3) is 3.98. The smallest absolute Gasteiger partial charge is 0.326 e. The number of aliphatic carboxylic acids is 1. The minimum Gasteiger partial charge on any atom is -0.480 e. The molecule has 3 atom stereocenters. The van der Waals surface area contributed by atoms with Gasteiger partial charge in [-0.1, -0.05) is 33.1 Å². The van der Waals surface area contributed by atoms with Crippen LogP contribution >= 0.6 is 0 Å². The molecule has 5 nitrogen and oxygen atoms in total. The highest BCUT2D eigenvalue weighted by Gasteiger charge is 2.31. The van der Waals surface area contributed by atoms with Crippen molar-refractivity contribution in [2.24, 2.45) is 17.6 Å². The molecule has 0 heterocycles. The van der Waals surface area contributed by atoms with Gasteiger partial charge >= 0.3 is 5.97 Å². The Bertz CT molecular complexity index is 305. The molecule has 0 radical (unpaired) electrons. The Balaban J connectivity index is 2.64. The van der Waals surface area contributed by atoms with E-state index in [1.54, 1.807) is 13.8 Å². The highest BCUT2D eigenvalue weighted by molar-refractivity contribution is 5.85. The van der Waals surface area contributed by atoms with Crippen molar-refractivity contribution in [3.8, 4) is 0 Å². The van der Waals surface area contributed by atoms with Crippen molar-refractivity contribution in [2.75, 3.05) is 0 Å². The normalized spacial score (nSPS) is 26.4. The lowest BCUT2D eigenvalue weighted by atomic mass is 9.93. The summed E-state index contributed by atoms with van der Waals surface area (Å²) < 4.78 is 0. The number of rotatable bonds is 4. The standard InChI is InChI=1S/C13H24N2O3/c1-8(2)11(13(17)18)15-12(16)9-6-4-3-5-7-10(9)14/h8-11H,3-7,14H2,1-2H3,(H,15,16)(H,17,18). The number of carbonyl (C=O) groups is 2. The first-order valence-corrected chi connectivity index (χ1v) is 6.72. The maximum atomic E-state index is 12.1. The summed E-state index contributed by atoms with van der Waals surface area (Å²) in [4.78, 5) is 23.2. The summed E-state index contributed by atoms with van der Waals surface area (Å²) in [7, 11) is 0. The molecule has 104 valence electrons. The number of hydrogen-bond donors (Lipinski definition) is 3. The zero-order valence-corrected chi connectivity index (χ0v) is 11.2. The fourth-order valence-corrected chi connectivity index (χ4v) is 2.44. The summed E-state index contributed by atoms with van der Waals surface area (Å²) >= 11 is 0. The Kier molecular flexibility index (Phi) is 5.59. The average Bonchev–Trinajstić information content (AvgIpc) is 2.49. The third-order valence-electron chi connectivity index (χ3n) is 3.64. The van der Waals surface area contributed by atoms with Gasteiger partial charge in [-0.15, -0.1) is 0 Å². The van der Waals surface area contributed by atoms with Crippen molar-refractivity contribution in [1.29, 1.82) is 0 Å². The summed E-state index contributed by atoms with van der Waals surface area (Å²) in [5.74, 6) is -1.56. The lowest BCUT2D eigenvalue weighted by Gasteiger charge is -2.24. The Hall–Kier alpha value is -1.10. The fraction of sp³-hybridized carbons (Fsp3) is 0.846. The summed E-state index contributed by atoms with van der Waals surface area (Å²) in [6, 6.07) is -0.970. The zero-order chi connectivity index (χ0) is 13.7. The van der Waals surface area contributed by atoms with Crippen molar-refractivity contribution in [2.45, 2.75) is 58.0 Å². The Morgan fingerprint density at radius 3 is 2.39 bits per heavy atom. The number of carbonyl (C=O) groups excluding carboxylic acids is 1. The quantitative estimate of drug-likeness (QED) is 0.657. The number of amides is 1. The first kappa shape index (κ1) is 15.0. The van der Waals surface area contributed by atoms with Gasteiger partial charge in [0.1, 0.15) is 6.04 Å². The molecule has 0 aromatic carbocycles. The van der Waals surface area contributed by atoms with E-state index in [1.807, 2.05) is 0 Å². The van der Waals surface area contributed by atoms with Crippen molar-refractivity contribution in [1.82, 2.24) is 5.32 Å². The van der Waals surface area contributed by atoms with Crippen molar-refractivity contribution in [3.05, 3.63) is 0 Å². The van der Waals surface area contributed by atoms with Crippen LogP contribution in [0, 0.1) is 11.8 Å². The van der Waals surface area contributed by atoms with Gasteiger partial charge in [0.05, 0.1) is 5.92 Å². The molecule has 1 aliphatic rings. The molecule has 0 saturated heterocycles. The van der Waals surface area contributed by atoms with Crippen molar-refractivity contribution < 1.29 is 14.7 Å². The second-order valence-corrected chi connectivity index (χ2v) is 5.48. The van der Waals surface area contributed by atoms with Crippen LogP contribution in [0.25, 0.3) is 0 Å². The molecule has 3 unspecified atom stereocenters. The Labute approximate surface area is 108 Å². The minimum absolute atomic E-state index is 0.131. The summed E-state index contributed by atoms with van der Waals surface area (Å²) in [5, 5.41) is 11.7. The van der Waals surface area contributed by atoms with E-state index in [0.717, 1.165) is 32.1 Å². The van der Waals surface area contributed by atoms with E-state index in [2.05, 4.69) is 5.32 Å². The molecular formula is C13H24N2O3. The van der Waals surface area contributed by atoms with Gasteiger partial charge < -0.3 is 16.2 Å². The van der Waals surface area contributed by atoms with Crippen LogP contribution in [-0.2, 0) is 9.59 Å². The predicted molar refractivity (Wildman–Crippen MR) is 69.0 cm³/mol. The summed E-state index contributed by atoms with van der Waals surface area (Å²) in [6.07, 6.45) is 4.75.